The van der Waals surface area contributed by atoms with E-state index in [0.717, 1.165) is 0 Å². The van der Waals surface area contributed by atoms with Gasteiger partial charge in [0.15, 0.2) is 0 Å². The fourth-order valence-corrected chi connectivity index (χ4v) is 2.32. The molecule has 0 radical (unpaired) electrons. The van der Waals surface area contributed by atoms with E-state index in [9.17, 15) is 4.79 Å². The number of amides is 2. The van der Waals surface area contributed by atoms with Crippen LogP contribution in [0.15, 0.2) is 46.9 Å². The Labute approximate surface area is 129 Å². The molecular formula is C13H9BrCl2N2O. The molecule has 2 aromatic carbocycles. The molecule has 19 heavy (non-hydrogen) atoms. The summed E-state index contributed by atoms with van der Waals surface area (Å²) in [5.41, 5.74) is 1.29. The lowest BCUT2D eigenvalue weighted by Crippen LogP contribution is -2.19. The fraction of sp³-hybridized carbons (Fsp3) is 0. The lowest BCUT2D eigenvalue weighted by atomic mass is 10.3. The summed E-state index contributed by atoms with van der Waals surface area (Å²) in [5.74, 6) is 0. The molecular weight excluding hydrogens is 351 g/mol. The second-order valence-corrected chi connectivity index (χ2v) is 5.44. The molecule has 0 bridgehead atoms. The van der Waals surface area contributed by atoms with Gasteiger partial charge >= 0.3 is 6.03 Å². The second-order valence-electron chi connectivity index (χ2n) is 3.71. The number of rotatable bonds is 2. The Kier molecular flexibility index (Phi) is 4.69. The Morgan fingerprint density at radius 2 is 1.58 bits per heavy atom. The van der Waals surface area contributed by atoms with Crippen molar-refractivity contribution in [2.45, 2.75) is 0 Å². The average molecular weight is 360 g/mol. The van der Waals surface area contributed by atoms with Crippen LogP contribution in [-0.4, -0.2) is 6.03 Å². The van der Waals surface area contributed by atoms with Crippen LogP contribution in [0.1, 0.15) is 0 Å². The molecule has 2 N–H and O–H groups in total. The van der Waals surface area contributed by atoms with Gasteiger partial charge in [0.1, 0.15) is 0 Å². The summed E-state index contributed by atoms with van der Waals surface area (Å²) in [6.45, 7) is 0. The third kappa shape index (κ3) is 4.13. The molecule has 0 saturated heterocycles. The molecule has 0 aliphatic heterocycles. The van der Waals surface area contributed by atoms with Crippen molar-refractivity contribution >= 4 is 56.5 Å². The van der Waals surface area contributed by atoms with Crippen LogP contribution in [-0.2, 0) is 0 Å². The first kappa shape index (κ1) is 14.2. The molecule has 98 valence electrons. The summed E-state index contributed by atoms with van der Waals surface area (Å²) in [5, 5.41) is 6.62. The van der Waals surface area contributed by atoms with E-state index in [0.29, 0.717) is 25.9 Å². The van der Waals surface area contributed by atoms with Gasteiger partial charge in [0.25, 0.3) is 0 Å². The number of anilines is 2. The van der Waals surface area contributed by atoms with E-state index in [1.165, 1.54) is 0 Å². The monoisotopic (exact) mass is 358 g/mol. The average Bonchev–Trinajstić information content (AvgIpc) is 2.36. The summed E-state index contributed by atoms with van der Waals surface area (Å²) in [4.78, 5) is 11.8. The van der Waals surface area contributed by atoms with Crippen molar-refractivity contribution in [2.75, 3.05) is 10.6 Å². The highest BCUT2D eigenvalue weighted by atomic mass is 79.9. The molecule has 0 aromatic heterocycles. The van der Waals surface area contributed by atoms with Crippen molar-refractivity contribution in [1.29, 1.82) is 0 Å². The molecule has 0 atom stereocenters. The van der Waals surface area contributed by atoms with Gasteiger partial charge in [-0.1, -0.05) is 23.2 Å². The zero-order valence-electron chi connectivity index (χ0n) is 9.58. The number of hydrogen-bond donors (Lipinski definition) is 2. The minimum atomic E-state index is -0.342. The van der Waals surface area contributed by atoms with Crippen LogP contribution in [0.3, 0.4) is 0 Å². The maximum absolute atomic E-state index is 11.8. The van der Waals surface area contributed by atoms with Gasteiger partial charge in [-0.3, -0.25) is 0 Å². The molecule has 0 unspecified atom stereocenters. The summed E-state index contributed by atoms with van der Waals surface area (Å²) in [6, 6.07) is 11.6. The van der Waals surface area contributed by atoms with Crippen LogP contribution in [0.5, 0.6) is 0 Å². The Morgan fingerprint density at radius 3 is 2.21 bits per heavy atom. The van der Waals surface area contributed by atoms with Gasteiger partial charge < -0.3 is 10.6 Å². The van der Waals surface area contributed by atoms with Crippen LogP contribution in [0.4, 0.5) is 16.2 Å². The molecule has 2 amide bonds. The predicted octanol–water partition coefficient (Wildman–Crippen LogP) is 5.40. The highest BCUT2D eigenvalue weighted by Gasteiger charge is 2.06. The molecule has 2 aromatic rings. The van der Waals surface area contributed by atoms with Gasteiger partial charge in [0.2, 0.25) is 0 Å². The van der Waals surface area contributed by atoms with Gasteiger partial charge in [-0.15, -0.1) is 0 Å². The van der Waals surface area contributed by atoms with E-state index >= 15 is 0 Å². The van der Waals surface area contributed by atoms with E-state index in [4.69, 9.17) is 23.2 Å². The Balaban J connectivity index is 2.03. The zero-order chi connectivity index (χ0) is 13.8. The third-order valence-corrected chi connectivity index (χ3v) is 3.42. The lowest BCUT2D eigenvalue weighted by molar-refractivity contribution is 0.262. The van der Waals surface area contributed by atoms with E-state index in [1.54, 1.807) is 42.5 Å². The molecule has 2 rings (SSSR count). The largest absolute Gasteiger partial charge is 0.323 e. The van der Waals surface area contributed by atoms with Gasteiger partial charge in [-0.05, 0) is 58.4 Å². The van der Waals surface area contributed by atoms with Crippen LogP contribution < -0.4 is 10.6 Å². The van der Waals surface area contributed by atoms with Crippen molar-refractivity contribution < 1.29 is 4.79 Å². The highest BCUT2D eigenvalue weighted by Crippen LogP contribution is 2.26. The van der Waals surface area contributed by atoms with E-state index in [-0.39, 0.29) is 6.03 Å². The van der Waals surface area contributed by atoms with E-state index in [2.05, 4.69) is 26.6 Å². The number of halogens is 3. The quantitative estimate of drug-likeness (QED) is 0.740. The van der Waals surface area contributed by atoms with Crippen LogP contribution in [0.25, 0.3) is 0 Å². The zero-order valence-corrected chi connectivity index (χ0v) is 12.7. The molecule has 0 spiro atoms. The summed E-state index contributed by atoms with van der Waals surface area (Å²) in [7, 11) is 0. The minimum absolute atomic E-state index is 0.342. The smallest absolute Gasteiger partial charge is 0.308 e. The topological polar surface area (TPSA) is 41.1 Å². The molecule has 0 fully saturated rings. The van der Waals surface area contributed by atoms with Crippen molar-refractivity contribution in [3.63, 3.8) is 0 Å². The second kappa shape index (κ2) is 6.28. The van der Waals surface area contributed by atoms with E-state index in [1.807, 2.05) is 0 Å². The summed E-state index contributed by atoms with van der Waals surface area (Å²) < 4.78 is 0.714. The predicted molar refractivity (Wildman–Crippen MR) is 83.2 cm³/mol. The van der Waals surface area contributed by atoms with Gasteiger partial charge in [0.05, 0.1) is 5.69 Å². The van der Waals surface area contributed by atoms with Gasteiger partial charge in [-0.25, -0.2) is 4.79 Å². The molecule has 0 saturated carbocycles. The Hall–Kier alpha value is -1.23. The van der Waals surface area contributed by atoms with Crippen molar-refractivity contribution in [1.82, 2.24) is 0 Å². The number of hydrogen-bond acceptors (Lipinski definition) is 1. The molecule has 6 heteroatoms. The van der Waals surface area contributed by atoms with Crippen LogP contribution in [0.2, 0.25) is 10.0 Å². The van der Waals surface area contributed by atoms with Crippen molar-refractivity contribution in [2.24, 2.45) is 0 Å². The maximum atomic E-state index is 11.8. The molecule has 0 aliphatic carbocycles. The SMILES string of the molecule is O=C(Nc1ccc(Cl)cc1)Nc1ccc(Cl)cc1Br. The van der Waals surface area contributed by atoms with Crippen molar-refractivity contribution in [3.05, 3.63) is 57.0 Å². The number of carbonyl (C=O) groups is 1. The van der Waals surface area contributed by atoms with Crippen LogP contribution >= 0.6 is 39.1 Å². The maximum Gasteiger partial charge on any atom is 0.323 e. The Bertz CT molecular complexity index is 602. The lowest BCUT2D eigenvalue weighted by Gasteiger charge is -2.09. The number of nitrogens with one attached hydrogen (secondary N) is 2. The Morgan fingerprint density at radius 1 is 0.947 bits per heavy atom. The first-order valence-electron chi connectivity index (χ1n) is 5.33. The van der Waals surface area contributed by atoms with E-state index < -0.39 is 0 Å². The fourth-order valence-electron chi connectivity index (χ4n) is 1.41. The summed E-state index contributed by atoms with van der Waals surface area (Å²) in [6.07, 6.45) is 0. The first-order chi connectivity index (χ1) is 9.04. The normalized spacial score (nSPS) is 10.1. The highest BCUT2D eigenvalue weighted by molar-refractivity contribution is 9.10. The molecule has 0 aliphatic rings. The van der Waals surface area contributed by atoms with Gasteiger partial charge in [0, 0.05) is 20.2 Å². The first-order valence-corrected chi connectivity index (χ1v) is 6.88. The summed E-state index contributed by atoms with van der Waals surface area (Å²) >= 11 is 14.9. The number of benzene rings is 2. The number of carbonyl (C=O) groups excluding carboxylic acids is 1. The minimum Gasteiger partial charge on any atom is -0.308 e. The molecule has 0 heterocycles. The van der Waals surface area contributed by atoms with Crippen LogP contribution in [0, 0.1) is 0 Å². The van der Waals surface area contributed by atoms with Gasteiger partial charge in [-0.2, -0.15) is 0 Å². The standard InChI is InChI=1S/C13H9BrCl2N2O/c14-11-7-9(16)3-6-12(11)18-13(19)17-10-4-1-8(15)2-5-10/h1-7H,(H2,17,18,19). The third-order valence-electron chi connectivity index (χ3n) is 2.28. The molecule has 3 nitrogen and oxygen atoms in total. The van der Waals surface area contributed by atoms with Crippen molar-refractivity contribution in [3.8, 4) is 0 Å². The number of urea groups is 1.